The topological polar surface area (TPSA) is 102 Å². The zero-order chi connectivity index (χ0) is 13.8. The molecule has 1 heterocycles. The Kier molecular flexibility index (Phi) is 3.39. The molecule has 0 radical (unpaired) electrons. The van der Waals surface area contributed by atoms with Gasteiger partial charge in [0.05, 0.1) is 0 Å². The summed E-state index contributed by atoms with van der Waals surface area (Å²) in [6.07, 6.45) is 0. The van der Waals surface area contributed by atoms with Gasteiger partial charge in [-0.2, -0.15) is 10.2 Å². The van der Waals surface area contributed by atoms with Crippen LogP contribution in [0.5, 0.6) is 11.8 Å². The fraction of sp³-hybridized carbons (Fsp3) is 0.0769. The molecule has 0 saturated heterocycles. The van der Waals surface area contributed by atoms with Crippen molar-refractivity contribution in [3.05, 3.63) is 47.3 Å². The van der Waals surface area contributed by atoms with E-state index in [0.29, 0.717) is 17.0 Å². The van der Waals surface area contributed by atoms with Crippen molar-refractivity contribution in [2.45, 2.75) is 6.92 Å². The molecule has 0 unspecified atom stereocenters. The van der Waals surface area contributed by atoms with Crippen LogP contribution in [0.2, 0.25) is 0 Å². The van der Waals surface area contributed by atoms with Crippen LogP contribution >= 0.6 is 0 Å². The number of primary amides is 1. The van der Waals surface area contributed by atoms with Crippen molar-refractivity contribution < 1.29 is 9.53 Å². The minimum absolute atomic E-state index is 0.0865. The highest BCUT2D eigenvalue weighted by molar-refractivity contribution is 5.92. The third kappa shape index (κ3) is 3.04. The maximum absolute atomic E-state index is 10.9. The second kappa shape index (κ2) is 5.14. The molecule has 2 rings (SSSR count). The number of nitrogens with two attached hydrogens (primary N) is 1. The fourth-order valence-electron chi connectivity index (χ4n) is 1.44. The summed E-state index contributed by atoms with van der Waals surface area (Å²) in [5, 5.41) is 8.80. The van der Waals surface area contributed by atoms with Gasteiger partial charge in [0.25, 0.3) is 0 Å². The van der Waals surface area contributed by atoms with Crippen molar-refractivity contribution in [2.75, 3.05) is 0 Å². The van der Waals surface area contributed by atoms with Crippen molar-refractivity contribution >= 4 is 5.91 Å². The number of aromatic nitrogens is 2. The lowest BCUT2D eigenvalue weighted by Crippen LogP contribution is -2.10. The zero-order valence-corrected chi connectivity index (χ0v) is 10.1. The van der Waals surface area contributed by atoms with Crippen LogP contribution in [0.25, 0.3) is 0 Å². The van der Waals surface area contributed by atoms with Gasteiger partial charge >= 0.3 is 6.01 Å². The highest BCUT2D eigenvalue weighted by Crippen LogP contribution is 2.18. The summed E-state index contributed by atoms with van der Waals surface area (Å²) in [7, 11) is 0. The molecule has 0 saturated carbocycles. The quantitative estimate of drug-likeness (QED) is 0.895. The van der Waals surface area contributed by atoms with Crippen LogP contribution in [0.4, 0.5) is 0 Å². The summed E-state index contributed by atoms with van der Waals surface area (Å²) in [5.74, 6) is -0.0513. The Morgan fingerprint density at radius 1 is 1.32 bits per heavy atom. The van der Waals surface area contributed by atoms with Gasteiger partial charge in [-0.25, -0.2) is 4.98 Å². The summed E-state index contributed by atoms with van der Waals surface area (Å²) >= 11 is 0. The molecular formula is C13H10N4O2. The van der Waals surface area contributed by atoms with Gasteiger partial charge in [-0.05, 0) is 37.3 Å². The molecule has 0 atom stereocenters. The van der Waals surface area contributed by atoms with Crippen LogP contribution in [-0.2, 0) is 0 Å². The van der Waals surface area contributed by atoms with Gasteiger partial charge in [0.2, 0.25) is 5.91 Å². The summed E-state index contributed by atoms with van der Waals surface area (Å²) in [6, 6.07) is 9.81. The maximum atomic E-state index is 10.9. The van der Waals surface area contributed by atoms with E-state index in [2.05, 4.69) is 9.97 Å². The van der Waals surface area contributed by atoms with Crippen molar-refractivity contribution in [3.8, 4) is 17.8 Å². The molecule has 2 aromatic rings. The van der Waals surface area contributed by atoms with Crippen LogP contribution < -0.4 is 10.5 Å². The molecule has 2 N–H and O–H groups in total. The third-order valence-corrected chi connectivity index (χ3v) is 2.30. The Balaban J connectivity index is 2.24. The number of hydrogen-bond acceptors (Lipinski definition) is 5. The first kappa shape index (κ1) is 12.5. The van der Waals surface area contributed by atoms with E-state index in [4.69, 9.17) is 15.7 Å². The number of aryl methyl sites for hydroxylation is 1. The first-order valence-electron chi connectivity index (χ1n) is 5.42. The predicted molar refractivity (Wildman–Crippen MR) is 66.5 cm³/mol. The average Bonchev–Trinajstić information content (AvgIpc) is 2.38. The number of nitrogens with zero attached hydrogens (tertiary/aromatic N) is 3. The summed E-state index contributed by atoms with van der Waals surface area (Å²) in [6.45, 7) is 1.74. The molecule has 0 aliphatic carbocycles. The smallest absolute Gasteiger partial charge is 0.323 e. The lowest BCUT2D eigenvalue weighted by atomic mass is 10.2. The van der Waals surface area contributed by atoms with E-state index in [0.717, 1.165) is 0 Å². The van der Waals surface area contributed by atoms with E-state index in [1.54, 1.807) is 37.3 Å². The first-order chi connectivity index (χ1) is 9.08. The molecule has 1 aromatic heterocycles. The van der Waals surface area contributed by atoms with Gasteiger partial charge in [-0.3, -0.25) is 4.79 Å². The number of amides is 1. The molecule has 0 aliphatic rings. The second-order valence-electron chi connectivity index (χ2n) is 3.78. The Hall–Kier alpha value is -2.94. The van der Waals surface area contributed by atoms with Gasteiger partial charge in [0, 0.05) is 11.3 Å². The van der Waals surface area contributed by atoms with Crippen LogP contribution in [0.1, 0.15) is 21.7 Å². The van der Waals surface area contributed by atoms with Crippen molar-refractivity contribution in [1.29, 1.82) is 5.26 Å². The van der Waals surface area contributed by atoms with E-state index in [9.17, 15) is 4.79 Å². The number of nitriles is 1. The fourth-order valence-corrected chi connectivity index (χ4v) is 1.44. The lowest BCUT2D eigenvalue weighted by molar-refractivity contribution is 0.100. The zero-order valence-electron chi connectivity index (χ0n) is 10.1. The Labute approximate surface area is 109 Å². The number of carbonyl (C=O) groups excluding carboxylic acids is 1. The van der Waals surface area contributed by atoms with Crippen molar-refractivity contribution in [1.82, 2.24) is 9.97 Å². The summed E-state index contributed by atoms with van der Waals surface area (Å²) in [4.78, 5) is 18.9. The van der Waals surface area contributed by atoms with Crippen LogP contribution in [0.15, 0.2) is 30.3 Å². The number of rotatable bonds is 3. The van der Waals surface area contributed by atoms with E-state index in [-0.39, 0.29) is 11.7 Å². The van der Waals surface area contributed by atoms with Gasteiger partial charge < -0.3 is 10.5 Å². The molecule has 0 bridgehead atoms. The highest BCUT2D eigenvalue weighted by atomic mass is 16.5. The molecule has 94 valence electrons. The Bertz CT molecular complexity index is 659. The average molecular weight is 254 g/mol. The molecule has 6 heteroatoms. The van der Waals surface area contributed by atoms with E-state index in [1.807, 2.05) is 6.07 Å². The van der Waals surface area contributed by atoms with Crippen molar-refractivity contribution in [3.63, 3.8) is 0 Å². The van der Waals surface area contributed by atoms with E-state index < -0.39 is 5.91 Å². The number of hydrogen-bond donors (Lipinski definition) is 1. The molecule has 0 aliphatic heterocycles. The largest absolute Gasteiger partial charge is 0.424 e. The molecule has 6 nitrogen and oxygen atoms in total. The van der Waals surface area contributed by atoms with Gasteiger partial charge in [0.1, 0.15) is 17.5 Å². The number of ether oxygens (including phenoxy) is 1. The molecule has 1 aromatic carbocycles. The standard InChI is InChI=1S/C13H10N4O2/c1-8-6-10(7-14)17-13(16-8)19-11-4-2-9(3-5-11)12(15)18/h2-6H,1H3,(H2,15,18). The number of carbonyl (C=O) groups is 1. The molecule has 1 amide bonds. The Morgan fingerprint density at radius 3 is 2.58 bits per heavy atom. The normalized spacial score (nSPS) is 9.68. The Morgan fingerprint density at radius 2 is 2.00 bits per heavy atom. The predicted octanol–water partition coefficient (Wildman–Crippen LogP) is 1.55. The number of benzene rings is 1. The minimum atomic E-state index is -0.509. The minimum Gasteiger partial charge on any atom is -0.424 e. The van der Waals surface area contributed by atoms with Crippen LogP contribution in [-0.4, -0.2) is 15.9 Å². The van der Waals surface area contributed by atoms with Gasteiger partial charge in [0.15, 0.2) is 0 Å². The SMILES string of the molecule is Cc1cc(C#N)nc(Oc2ccc(C(N)=O)cc2)n1. The molecule has 0 spiro atoms. The van der Waals surface area contributed by atoms with Crippen LogP contribution in [0, 0.1) is 18.3 Å². The van der Waals surface area contributed by atoms with Gasteiger partial charge in [-0.1, -0.05) is 0 Å². The summed E-state index contributed by atoms with van der Waals surface area (Å²) in [5.41, 5.74) is 6.39. The molecule has 19 heavy (non-hydrogen) atoms. The van der Waals surface area contributed by atoms with Gasteiger partial charge in [-0.15, -0.1) is 0 Å². The van der Waals surface area contributed by atoms with Crippen LogP contribution in [0.3, 0.4) is 0 Å². The maximum Gasteiger partial charge on any atom is 0.323 e. The first-order valence-corrected chi connectivity index (χ1v) is 5.42. The molecule has 0 fully saturated rings. The van der Waals surface area contributed by atoms with E-state index in [1.165, 1.54) is 0 Å². The second-order valence-corrected chi connectivity index (χ2v) is 3.78. The van der Waals surface area contributed by atoms with Crippen molar-refractivity contribution in [2.24, 2.45) is 5.73 Å². The third-order valence-electron chi connectivity index (χ3n) is 2.30. The summed E-state index contributed by atoms with van der Waals surface area (Å²) < 4.78 is 5.41. The monoisotopic (exact) mass is 254 g/mol. The molecular weight excluding hydrogens is 244 g/mol. The highest BCUT2D eigenvalue weighted by Gasteiger charge is 2.05. The lowest BCUT2D eigenvalue weighted by Gasteiger charge is -2.05. The van der Waals surface area contributed by atoms with E-state index >= 15 is 0 Å².